The van der Waals surface area contributed by atoms with E-state index in [9.17, 15) is 0 Å². The molecule has 21 heavy (non-hydrogen) atoms. The van der Waals surface area contributed by atoms with Gasteiger partial charge in [-0.15, -0.1) is 0 Å². The van der Waals surface area contributed by atoms with Crippen molar-refractivity contribution < 1.29 is 9.47 Å². The molecule has 0 fully saturated rings. The maximum absolute atomic E-state index is 5.87. The first-order valence-electron chi connectivity index (χ1n) is 7.43. The highest BCUT2D eigenvalue weighted by Gasteiger charge is 2.08. The molecule has 0 aliphatic carbocycles. The lowest BCUT2D eigenvalue weighted by Crippen LogP contribution is -2.19. The Balaban J connectivity index is 2.16. The summed E-state index contributed by atoms with van der Waals surface area (Å²) < 4.78 is 11.6. The number of benzene rings is 1. The largest absolute Gasteiger partial charge is 0.492 e. The van der Waals surface area contributed by atoms with Crippen molar-refractivity contribution in [1.29, 1.82) is 0 Å². The van der Waals surface area contributed by atoms with E-state index >= 15 is 0 Å². The zero-order valence-corrected chi connectivity index (χ0v) is 13.3. The minimum absolute atomic E-state index is 0.166. The van der Waals surface area contributed by atoms with E-state index in [0.717, 1.165) is 29.5 Å². The number of hydrogen-bond acceptors (Lipinski definition) is 4. The van der Waals surface area contributed by atoms with Crippen LogP contribution in [0.2, 0.25) is 0 Å². The van der Waals surface area contributed by atoms with Crippen LogP contribution in [0.4, 0.5) is 0 Å². The summed E-state index contributed by atoms with van der Waals surface area (Å²) in [4.78, 5) is 6.44. The smallest absolute Gasteiger partial charge is 0.221 e. The summed E-state index contributed by atoms with van der Waals surface area (Å²) >= 11 is 0. The van der Waals surface area contributed by atoms with Crippen LogP contribution in [0.25, 0.3) is 10.8 Å². The normalized spacial score (nSPS) is 12.6. The first kappa shape index (κ1) is 15.6. The zero-order valence-electron chi connectivity index (χ0n) is 13.3. The van der Waals surface area contributed by atoms with Gasteiger partial charge in [0.2, 0.25) is 5.88 Å². The van der Waals surface area contributed by atoms with Crippen molar-refractivity contribution in [3.8, 4) is 11.6 Å². The Kier molecular flexibility index (Phi) is 5.39. The zero-order chi connectivity index (χ0) is 15.2. The van der Waals surface area contributed by atoms with Gasteiger partial charge < -0.3 is 14.4 Å². The van der Waals surface area contributed by atoms with E-state index in [0.29, 0.717) is 12.5 Å². The molecule has 0 spiro atoms. The van der Waals surface area contributed by atoms with Gasteiger partial charge in [0.05, 0.1) is 6.10 Å². The van der Waals surface area contributed by atoms with Crippen LogP contribution in [0.15, 0.2) is 30.5 Å². The average molecular weight is 288 g/mol. The van der Waals surface area contributed by atoms with Crippen LogP contribution in [0.3, 0.4) is 0 Å². The van der Waals surface area contributed by atoms with Crippen molar-refractivity contribution in [2.75, 3.05) is 27.2 Å². The molecule has 0 saturated heterocycles. The second-order valence-corrected chi connectivity index (χ2v) is 5.49. The van der Waals surface area contributed by atoms with Crippen molar-refractivity contribution in [3.05, 3.63) is 30.5 Å². The molecule has 0 saturated carbocycles. The molecule has 0 aliphatic heterocycles. The van der Waals surface area contributed by atoms with E-state index < -0.39 is 0 Å². The van der Waals surface area contributed by atoms with Gasteiger partial charge in [-0.3, -0.25) is 0 Å². The van der Waals surface area contributed by atoms with Crippen LogP contribution in [-0.2, 0) is 0 Å². The summed E-state index contributed by atoms with van der Waals surface area (Å²) in [7, 11) is 4.07. The number of pyridine rings is 1. The number of aromatic nitrogens is 1. The van der Waals surface area contributed by atoms with Crippen LogP contribution in [0.1, 0.15) is 20.3 Å². The Hall–Kier alpha value is -1.81. The molecule has 0 aliphatic rings. The summed E-state index contributed by atoms with van der Waals surface area (Å²) in [6.07, 6.45) is 2.91. The Morgan fingerprint density at radius 3 is 2.76 bits per heavy atom. The van der Waals surface area contributed by atoms with Crippen LogP contribution < -0.4 is 9.47 Å². The maximum atomic E-state index is 5.87. The average Bonchev–Trinajstić information content (AvgIpc) is 2.46. The Bertz CT molecular complexity index is 584. The molecule has 1 atom stereocenters. The van der Waals surface area contributed by atoms with Gasteiger partial charge in [-0.05, 0) is 57.1 Å². The van der Waals surface area contributed by atoms with Gasteiger partial charge in [0.25, 0.3) is 0 Å². The van der Waals surface area contributed by atoms with Gasteiger partial charge in [-0.1, -0.05) is 6.92 Å². The fourth-order valence-electron chi connectivity index (χ4n) is 1.93. The molecule has 1 unspecified atom stereocenters. The maximum Gasteiger partial charge on any atom is 0.221 e. The third kappa shape index (κ3) is 4.33. The number of likely N-dealkylation sites (N-methyl/N-ethyl adjacent to an activating group) is 1. The summed E-state index contributed by atoms with van der Waals surface area (Å²) in [5.41, 5.74) is 0. The fourth-order valence-corrected chi connectivity index (χ4v) is 1.93. The number of hydrogen-bond donors (Lipinski definition) is 0. The minimum atomic E-state index is 0.166. The van der Waals surface area contributed by atoms with Crippen molar-refractivity contribution in [1.82, 2.24) is 9.88 Å². The van der Waals surface area contributed by atoms with Gasteiger partial charge in [0.1, 0.15) is 12.4 Å². The van der Waals surface area contributed by atoms with E-state index in [1.165, 1.54) is 0 Å². The van der Waals surface area contributed by atoms with Crippen LogP contribution in [0.5, 0.6) is 11.6 Å². The molecule has 2 rings (SSSR count). The van der Waals surface area contributed by atoms with Crippen molar-refractivity contribution >= 4 is 10.8 Å². The lowest BCUT2D eigenvalue weighted by Gasteiger charge is -2.14. The number of ether oxygens (including phenoxy) is 2. The molecule has 4 nitrogen and oxygen atoms in total. The highest BCUT2D eigenvalue weighted by atomic mass is 16.5. The Labute approximate surface area is 126 Å². The van der Waals surface area contributed by atoms with Gasteiger partial charge in [-0.2, -0.15) is 0 Å². The van der Waals surface area contributed by atoms with Crippen LogP contribution in [-0.4, -0.2) is 43.2 Å². The summed E-state index contributed by atoms with van der Waals surface area (Å²) in [5.74, 6) is 1.58. The molecule has 1 aromatic carbocycles. The predicted molar refractivity (Wildman–Crippen MR) is 86.2 cm³/mol. The standard InChI is InChI=1S/C17H24N2O2/c1-5-13(2)21-17-16-7-6-15(20-11-10-19(3)4)12-14(16)8-9-18-17/h6-9,12-13H,5,10-11H2,1-4H3. The molecule has 114 valence electrons. The van der Waals surface area contributed by atoms with Gasteiger partial charge in [0, 0.05) is 18.1 Å². The van der Waals surface area contributed by atoms with Crippen molar-refractivity contribution in [2.24, 2.45) is 0 Å². The summed E-state index contributed by atoms with van der Waals surface area (Å²) in [6.45, 7) is 5.74. The second kappa shape index (κ2) is 7.27. The molecule has 2 aromatic rings. The summed E-state index contributed by atoms with van der Waals surface area (Å²) in [5, 5.41) is 2.11. The lowest BCUT2D eigenvalue weighted by molar-refractivity contribution is 0.211. The molecule has 4 heteroatoms. The van der Waals surface area contributed by atoms with Crippen molar-refractivity contribution in [3.63, 3.8) is 0 Å². The van der Waals surface area contributed by atoms with Crippen LogP contribution in [0, 0.1) is 0 Å². The minimum Gasteiger partial charge on any atom is -0.492 e. The third-order valence-electron chi connectivity index (χ3n) is 3.39. The van der Waals surface area contributed by atoms with Gasteiger partial charge >= 0.3 is 0 Å². The Morgan fingerprint density at radius 1 is 1.24 bits per heavy atom. The van der Waals surface area contributed by atoms with E-state index in [1.807, 2.05) is 38.4 Å². The SMILES string of the molecule is CCC(C)Oc1nccc2cc(OCCN(C)C)ccc12. The molecule has 0 bridgehead atoms. The van der Waals surface area contributed by atoms with Gasteiger partial charge in [-0.25, -0.2) is 4.98 Å². The Morgan fingerprint density at radius 2 is 2.05 bits per heavy atom. The molecular weight excluding hydrogens is 264 g/mol. The molecular formula is C17H24N2O2. The van der Waals surface area contributed by atoms with E-state index in [1.54, 1.807) is 6.20 Å². The molecule has 1 aromatic heterocycles. The monoisotopic (exact) mass is 288 g/mol. The molecule has 0 amide bonds. The van der Waals surface area contributed by atoms with Crippen molar-refractivity contribution in [2.45, 2.75) is 26.4 Å². The van der Waals surface area contributed by atoms with Crippen LogP contribution >= 0.6 is 0 Å². The fraction of sp³-hybridized carbons (Fsp3) is 0.471. The highest BCUT2D eigenvalue weighted by molar-refractivity contribution is 5.87. The number of rotatable bonds is 7. The molecule has 0 N–H and O–H groups in total. The predicted octanol–water partition coefficient (Wildman–Crippen LogP) is 3.35. The second-order valence-electron chi connectivity index (χ2n) is 5.49. The van der Waals surface area contributed by atoms with E-state index in [-0.39, 0.29) is 6.10 Å². The quantitative estimate of drug-likeness (QED) is 0.782. The number of nitrogens with zero attached hydrogens (tertiary/aromatic N) is 2. The first-order valence-corrected chi connectivity index (χ1v) is 7.43. The highest BCUT2D eigenvalue weighted by Crippen LogP contribution is 2.27. The molecule has 0 radical (unpaired) electrons. The topological polar surface area (TPSA) is 34.6 Å². The summed E-state index contributed by atoms with van der Waals surface area (Å²) in [6, 6.07) is 8.02. The lowest BCUT2D eigenvalue weighted by atomic mass is 10.1. The third-order valence-corrected chi connectivity index (χ3v) is 3.39. The first-order chi connectivity index (χ1) is 10.1. The molecule has 1 heterocycles. The van der Waals surface area contributed by atoms with E-state index in [4.69, 9.17) is 9.47 Å². The van der Waals surface area contributed by atoms with E-state index in [2.05, 4.69) is 23.7 Å². The number of fused-ring (bicyclic) bond motifs is 1. The van der Waals surface area contributed by atoms with Gasteiger partial charge in [0.15, 0.2) is 0 Å².